The van der Waals surface area contributed by atoms with Crippen molar-refractivity contribution in [1.29, 1.82) is 0 Å². The van der Waals surface area contributed by atoms with E-state index >= 15 is 0 Å². The van der Waals surface area contributed by atoms with Gasteiger partial charge in [-0.15, -0.1) is 0 Å². The minimum atomic E-state index is -4.23. The standard InChI is InChI=1S/C35H38ClN3O5S/c1-25(2)37-35(41)33(21-27-11-6-5-7-12-27)38(23-28-13-8-9-16-32(28)36)34(40)24-39(29-14-10-15-30(22-29)44-4)45(42,43)31-19-17-26(3)18-20-31/h5-20,22,25,33H,21,23-24H2,1-4H3,(H,37,41)/t33-/m1/s1. The first-order chi connectivity index (χ1) is 21.5. The summed E-state index contributed by atoms with van der Waals surface area (Å²) in [6.45, 7) is 4.96. The van der Waals surface area contributed by atoms with Gasteiger partial charge in [0.15, 0.2) is 0 Å². The topological polar surface area (TPSA) is 96.0 Å². The zero-order chi connectivity index (χ0) is 32.6. The van der Waals surface area contributed by atoms with Gasteiger partial charge in [-0.05, 0) is 62.2 Å². The number of methoxy groups -OCH3 is 1. The smallest absolute Gasteiger partial charge is 0.264 e. The Morgan fingerprint density at radius 2 is 1.56 bits per heavy atom. The molecule has 10 heteroatoms. The fourth-order valence-corrected chi connectivity index (χ4v) is 6.48. The maximum absolute atomic E-state index is 14.5. The van der Waals surface area contributed by atoms with E-state index < -0.39 is 28.5 Å². The average molecular weight is 648 g/mol. The third-order valence-corrected chi connectivity index (χ3v) is 9.39. The minimum Gasteiger partial charge on any atom is -0.497 e. The number of ether oxygens (including phenoxy) is 1. The molecule has 45 heavy (non-hydrogen) atoms. The summed E-state index contributed by atoms with van der Waals surface area (Å²) in [4.78, 5) is 29.7. The van der Waals surface area contributed by atoms with Gasteiger partial charge in [-0.25, -0.2) is 8.42 Å². The number of rotatable bonds is 13. The third-order valence-electron chi connectivity index (χ3n) is 7.23. The van der Waals surface area contributed by atoms with E-state index in [4.69, 9.17) is 16.3 Å². The molecule has 0 fully saturated rings. The van der Waals surface area contributed by atoms with Gasteiger partial charge in [0, 0.05) is 30.1 Å². The van der Waals surface area contributed by atoms with Gasteiger partial charge in [-0.3, -0.25) is 13.9 Å². The Hall–Kier alpha value is -4.34. The maximum Gasteiger partial charge on any atom is 0.264 e. The van der Waals surface area contributed by atoms with E-state index in [9.17, 15) is 18.0 Å². The Bertz CT molecular complexity index is 1710. The molecule has 236 valence electrons. The molecule has 4 aromatic carbocycles. The molecule has 4 aromatic rings. The van der Waals surface area contributed by atoms with E-state index in [0.717, 1.165) is 15.4 Å². The van der Waals surface area contributed by atoms with Crippen molar-refractivity contribution in [1.82, 2.24) is 10.2 Å². The molecule has 0 spiro atoms. The highest BCUT2D eigenvalue weighted by atomic mass is 35.5. The molecule has 0 saturated heterocycles. The number of carbonyl (C=O) groups excluding carboxylic acids is 2. The van der Waals surface area contributed by atoms with Crippen molar-refractivity contribution in [3.8, 4) is 5.75 Å². The quantitative estimate of drug-likeness (QED) is 0.192. The minimum absolute atomic E-state index is 0.0158. The van der Waals surface area contributed by atoms with E-state index in [2.05, 4.69) is 5.32 Å². The van der Waals surface area contributed by atoms with Crippen molar-refractivity contribution in [3.63, 3.8) is 0 Å². The van der Waals surface area contributed by atoms with Gasteiger partial charge in [0.25, 0.3) is 10.0 Å². The zero-order valence-electron chi connectivity index (χ0n) is 25.8. The van der Waals surface area contributed by atoms with Crippen LogP contribution in [0.1, 0.15) is 30.5 Å². The van der Waals surface area contributed by atoms with Crippen LogP contribution in [0.15, 0.2) is 108 Å². The Kier molecular flexibility index (Phi) is 11.3. The largest absolute Gasteiger partial charge is 0.497 e. The highest BCUT2D eigenvalue weighted by Crippen LogP contribution is 2.28. The molecule has 0 aliphatic rings. The molecule has 1 atom stereocenters. The van der Waals surface area contributed by atoms with Crippen LogP contribution >= 0.6 is 11.6 Å². The van der Waals surface area contributed by atoms with E-state index in [1.807, 2.05) is 51.1 Å². The highest BCUT2D eigenvalue weighted by Gasteiger charge is 2.35. The SMILES string of the molecule is COc1cccc(N(CC(=O)N(Cc2ccccc2Cl)[C@H](Cc2ccccc2)C(=O)NC(C)C)S(=O)(=O)c2ccc(C)cc2)c1. The first kappa shape index (κ1) is 33.6. The van der Waals surface area contributed by atoms with Crippen LogP contribution in [0.5, 0.6) is 5.75 Å². The number of benzene rings is 4. The van der Waals surface area contributed by atoms with Gasteiger partial charge in [0.1, 0.15) is 18.3 Å². The van der Waals surface area contributed by atoms with E-state index in [1.165, 1.54) is 24.1 Å². The predicted molar refractivity (Wildman–Crippen MR) is 178 cm³/mol. The number of nitrogens with one attached hydrogen (secondary N) is 1. The van der Waals surface area contributed by atoms with Crippen molar-refractivity contribution in [2.45, 2.75) is 50.7 Å². The third kappa shape index (κ3) is 8.65. The lowest BCUT2D eigenvalue weighted by Crippen LogP contribution is -2.54. The number of halogens is 1. The van der Waals surface area contributed by atoms with E-state index in [0.29, 0.717) is 16.3 Å². The van der Waals surface area contributed by atoms with Gasteiger partial charge in [-0.2, -0.15) is 0 Å². The van der Waals surface area contributed by atoms with E-state index in [1.54, 1.807) is 60.7 Å². The molecule has 0 aromatic heterocycles. The lowest BCUT2D eigenvalue weighted by Gasteiger charge is -2.34. The Balaban J connectivity index is 1.83. The molecular weight excluding hydrogens is 610 g/mol. The van der Waals surface area contributed by atoms with Crippen molar-refractivity contribution < 1.29 is 22.7 Å². The Morgan fingerprint density at radius 1 is 0.889 bits per heavy atom. The molecule has 0 radical (unpaired) electrons. The molecule has 0 aliphatic heterocycles. The lowest BCUT2D eigenvalue weighted by atomic mass is 10.0. The second-order valence-corrected chi connectivity index (χ2v) is 13.3. The number of sulfonamides is 1. The van der Waals surface area contributed by atoms with Crippen LogP contribution in [0.25, 0.3) is 0 Å². The molecule has 0 unspecified atom stereocenters. The normalized spacial score (nSPS) is 12.0. The summed E-state index contributed by atoms with van der Waals surface area (Å²) in [5.74, 6) is -0.507. The van der Waals surface area contributed by atoms with Crippen molar-refractivity contribution in [2.24, 2.45) is 0 Å². The molecule has 4 rings (SSSR count). The fourth-order valence-electron chi connectivity index (χ4n) is 4.88. The van der Waals surface area contributed by atoms with Crippen LogP contribution in [-0.4, -0.2) is 50.9 Å². The summed E-state index contributed by atoms with van der Waals surface area (Å²) in [7, 11) is -2.74. The summed E-state index contributed by atoms with van der Waals surface area (Å²) in [5, 5.41) is 3.37. The summed E-state index contributed by atoms with van der Waals surface area (Å²) in [5.41, 5.74) is 2.60. The van der Waals surface area contributed by atoms with Gasteiger partial charge < -0.3 is 15.0 Å². The second kappa shape index (κ2) is 15.1. The Morgan fingerprint density at radius 3 is 2.20 bits per heavy atom. The molecule has 1 N–H and O–H groups in total. The molecule has 2 amide bonds. The molecule has 0 heterocycles. The lowest BCUT2D eigenvalue weighted by molar-refractivity contribution is -0.140. The Labute approximate surface area is 270 Å². The van der Waals surface area contributed by atoms with Gasteiger partial charge in [-0.1, -0.05) is 83.9 Å². The number of nitrogens with zero attached hydrogens (tertiary/aromatic N) is 2. The maximum atomic E-state index is 14.5. The van der Waals surface area contributed by atoms with Gasteiger partial charge in [0.2, 0.25) is 11.8 Å². The van der Waals surface area contributed by atoms with Crippen LogP contribution in [0.2, 0.25) is 5.02 Å². The summed E-state index contributed by atoms with van der Waals surface area (Å²) in [6.07, 6.45) is 0.208. The molecule has 0 bridgehead atoms. The number of hydrogen-bond acceptors (Lipinski definition) is 5. The average Bonchev–Trinajstić information content (AvgIpc) is 3.02. The number of amides is 2. The fraction of sp³-hybridized carbons (Fsp3) is 0.257. The zero-order valence-corrected chi connectivity index (χ0v) is 27.4. The molecular formula is C35H38ClN3O5S. The predicted octanol–water partition coefficient (Wildman–Crippen LogP) is 6.02. The van der Waals surface area contributed by atoms with Gasteiger partial charge in [0.05, 0.1) is 17.7 Å². The van der Waals surface area contributed by atoms with Crippen LogP contribution < -0.4 is 14.4 Å². The monoisotopic (exact) mass is 647 g/mol. The van der Waals surface area contributed by atoms with Crippen LogP contribution in [0.3, 0.4) is 0 Å². The molecule has 0 saturated carbocycles. The van der Waals surface area contributed by atoms with Crippen molar-refractivity contribution in [2.75, 3.05) is 18.0 Å². The molecule has 0 aliphatic carbocycles. The van der Waals surface area contributed by atoms with Crippen molar-refractivity contribution >= 4 is 39.1 Å². The van der Waals surface area contributed by atoms with Crippen LogP contribution in [0.4, 0.5) is 5.69 Å². The summed E-state index contributed by atoms with van der Waals surface area (Å²) < 4.78 is 34.8. The number of carbonyl (C=O) groups is 2. The van der Waals surface area contributed by atoms with Gasteiger partial charge >= 0.3 is 0 Å². The van der Waals surface area contributed by atoms with Crippen LogP contribution in [-0.2, 0) is 32.6 Å². The van der Waals surface area contributed by atoms with Crippen molar-refractivity contribution in [3.05, 3.63) is 125 Å². The number of hydrogen-bond donors (Lipinski definition) is 1. The number of aryl methyl sites for hydroxylation is 1. The van der Waals surface area contributed by atoms with Crippen LogP contribution in [0, 0.1) is 6.92 Å². The number of anilines is 1. The first-order valence-electron chi connectivity index (χ1n) is 14.6. The summed E-state index contributed by atoms with van der Waals surface area (Å²) >= 11 is 6.54. The second-order valence-electron chi connectivity index (χ2n) is 11.0. The highest BCUT2D eigenvalue weighted by molar-refractivity contribution is 7.92. The van der Waals surface area contributed by atoms with E-state index in [-0.39, 0.29) is 35.5 Å². The first-order valence-corrected chi connectivity index (χ1v) is 16.4. The summed E-state index contributed by atoms with van der Waals surface area (Å²) in [6, 6.07) is 28.2. The molecule has 8 nitrogen and oxygen atoms in total.